The summed E-state index contributed by atoms with van der Waals surface area (Å²) in [5, 5.41) is 8.89. The van der Waals surface area contributed by atoms with Crippen LogP contribution < -0.4 is 5.73 Å². The van der Waals surface area contributed by atoms with Crippen LogP contribution in [0.25, 0.3) is 11.1 Å². The molecular formula is C13H9BrN2. The van der Waals surface area contributed by atoms with Crippen LogP contribution in [0.5, 0.6) is 0 Å². The summed E-state index contributed by atoms with van der Waals surface area (Å²) in [5.74, 6) is 0. The first-order chi connectivity index (χ1) is 7.69. The average molecular weight is 273 g/mol. The van der Waals surface area contributed by atoms with Crippen LogP contribution in [0.2, 0.25) is 0 Å². The second-order valence-electron chi connectivity index (χ2n) is 3.47. The number of benzene rings is 2. The molecule has 0 aliphatic rings. The van der Waals surface area contributed by atoms with E-state index in [0.29, 0.717) is 5.56 Å². The molecule has 0 amide bonds. The third-order valence-corrected chi connectivity index (χ3v) is 2.70. The zero-order valence-corrected chi connectivity index (χ0v) is 10.0. The Labute approximate surface area is 102 Å². The molecule has 16 heavy (non-hydrogen) atoms. The number of hydrogen-bond donors (Lipinski definition) is 1. The number of hydrogen-bond acceptors (Lipinski definition) is 2. The summed E-state index contributed by atoms with van der Waals surface area (Å²) in [7, 11) is 0. The van der Waals surface area contributed by atoms with Gasteiger partial charge in [-0.2, -0.15) is 5.26 Å². The molecule has 0 aromatic heterocycles. The van der Waals surface area contributed by atoms with Crippen molar-refractivity contribution in [3.05, 3.63) is 52.5 Å². The lowest BCUT2D eigenvalue weighted by Crippen LogP contribution is -1.86. The van der Waals surface area contributed by atoms with Gasteiger partial charge in [0.2, 0.25) is 0 Å². The summed E-state index contributed by atoms with van der Waals surface area (Å²) in [4.78, 5) is 0. The highest BCUT2D eigenvalue weighted by molar-refractivity contribution is 9.10. The topological polar surface area (TPSA) is 49.8 Å². The average Bonchev–Trinajstić information content (AvgIpc) is 2.28. The van der Waals surface area contributed by atoms with Crippen molar-refractivity contribution in [1.29, 1.82) is 5.26 Å². The number of nitrogens with zero attached hydrogens (tertiary/aromatic N) is 1. The van der Waals surface area contributed by atoms with E-state index in [4.69, 9.17) is 11.0 Å². The van der Waals surface area contributed by atoms with Crippen LogP contribution >= 0.6 is 15.9 Å². The number of halogens is 1. The van der Waals surface area contributed by atoms with Gasteiger partial charge in [0.25, 0.3) is 0 Å². The molecule has 0 aliphatic carbocycles. The van der Waals surface area contributed by atoms with Gasteiger partial charge in [-0.05, 0) is 41.5 Å². The number of rotatable bonds is 1. The van der Waals surface area contributed by atoms with Crippen molar-refractivity contribution in [1.82, 2.24) is 0 Å². The van der Waals surface area contributed by atoms with E-state index < -0.39 is 0 Å². The molecule has 0 bridgehead atoms. The first-order valence-corrected chi connectivity index (χ1v) is 5.55. The molecule has 2 aromatic rings. The maximum atomic E-state index is 8.89. The maximum absolute atomic E-state index is 8.89. The van der Waals surface area contributed by atoms with Crippen LogP contribution in [0.1, 0.15) is 5.56 Å². The lowest BCUT2D eigenvalue weighted by Gasteiger charge is -2.04. The lowest BCUT2D eigenvalue weighted by molar-refractivity contribution is 1.47. The molecule has 0 saturated heterocycles. The predicted octanol–water partition coefficient (Wildman–Crippen LogP) is 3.57. The van der Waals surface area contributed by atoms with Gasteiger partial charge in [-0.1, -0.05) is 28.1 Å². The van der Waals surface area contributed by atoms with Crippen molar-refractivity contribution in [2.24, 2.45) is 0 Å². The molecule has 0 unspecified atom stereocenters. The van der Waals surface area contributed by atoms with Crippen LogP contribution in [-0.2, 0) is 0 Å². The van der Waals surface area contributed by atoms with Gasteiger partial charge in [-0.3, -0.25) is 0 Å². The Morgan fingerprint density at radius 2 is 1.88 bits per heavy atom. The van der Waals surface area contributed by atoms with Gasteiger partial charge in [-0.25, -0.2) is 0 Å². The molecule has 2 rings (SSSR count). The third-order valence-electron chi connectivity index (χ3n) is 2.25. The molecule has 78 valence electrons. The van der Waals surface area contributed by atoms with Crippen molar-refractivity contribution < 1.29 is 0 Å². The van der Waals surface area contributed by atoms with E-state index in [9.17, 15) is 0 Å². The van der Waals surface area contributed by atoms with E-state index in [2.05, 4.69) is 22.0 Å². The van der Waals surface area contributed by atoms with Crippen LogP contribution in [-0.4, -0.2) is 0 Å². The third kappa shape index (κ3) is 2.23. The van der Waals surface area contributed by atoms with Crippen molar-refractivity contribution in [2.75, 3.05) is 5.73 Å². The summed E-state index contributed by atoms with van der Waals surface area (Å²) < 4.78 is 0.893. The van der Waals surface area contributed by atoms with E-state index in [0.717, 1.165) is 21.3 Å². The van der Waals surface area contributed by atoms with E-state index in [1.165, 1.54) is 0 Å². The molecule has 0 aliphatic heterocycles. The highest BCUT2D eigenvalue weighted by Gasteiger charge is 2.02. The summed E-state index contributed by atoms with van der Waals surface area (Å²) in [5.41, 5.74) is 9.07. The number of nitriles is 1. The van der Waals surface area contributed by atoms with Crippen LogP contribution in [0.3, 0.4) is 0 Å². The zero-order chi connectivity index (χ0) is 11.5. The van der Waals surface area contributed by atoms with Gasteiger partial charge in [0.05, 0.1) is 11.6 Å². The summed E-state index contributed by atoms with van der Waals surface area (Å²) >= 11 is 3.39. The zero-order valence-electron chi connectivity index (χ0n) is 8.44. The summed E-state index contributed by atoms with van der Waals surface area (Å²) in [6, 6.07) is 15.3. The van der Waals surface area contributed by atoms with E-state index >= 15 is 0 Å². The number of nitrogen functional groups attached to an aromatic ring is 1. The molecular weight excluding hydrogens is 264 g/mol. The molecule has 0 saturated carbocycles. The van der Waals surface area contributed by atoms with Gasteiger partial charge >= 0.3 is 0 Å². The highest BCUT2D eigenvalue weighted by atomic mass is 79.9. The molecule has 0 spiro atoms. The Bertz CT molecular complexity index is 570. The lowest BCUT2D eigenvalue weighted by atomic mass is 10.0. The second kappa shape index (κ2) is 4.38. The largest absolute Gasteiger partial charge is 0.399 e. The van der Waals surface area contributed by atoms with Crippen LogP contribution in [0, 0.1) is 11.3 Å². The van der Waals surface area contributed by atoms with Gasteiger partial charge in [0, 0.05) is 10.2 Å². The fraction of sp³-hybridized carbons (Fsp3) is 0. The fourth-order valence-corrected chi connectivity index (χ4v) is 2.03. The highest BCUT2D eigenvalue weighted by Crippen LogP contribution is 2.26. The second-order valence-corrected chi connectivity index (χ2v) is 4.38. The smallest absolute Gasteiger partial charge is 0.0992 e. The molecule has 3 heteroatoms. The standard InChI is InChI=1S/C13H9BrN2/c14-12-5-9(8-15)4-11(6-12)10-2-1-3-13(16)7-10/h1-7H,16H2. The van der Waals surface area contributed by atoms with Crippen LogP contribution in [0.15, 0.2) is 46.9 Å². The molecule has 2 aromatic carbocycles. The Balaban J connectivity index is 2.56. The minimum absolute atomic E-state index is 0.631. The molecule has 0 atom stereocenters. The summed E-state index contributed by atoms with van der Waals surface area (Å²) in [6.45, 7) is 0. The molecule has 2 nitrogen and oxygen atoms in total. The fourth-order valence-electron chi connectivity index (χ4n) is 1.54. The Morgan fingerprint density at radius 1 is 1.06 bits per heavy atom. The minimum Gasteiger partial charge on any atom is -0.399 e. The van der Waals surface area contributed by atoms with Crippen molar-refractivity contribution in [3.63, 3.8) is 0 Å². The monoisotopic (exact) mass is 272 g/mol. The van der Waals surface area contributed by atoms with Crippen molar-refractivity contribution in [3.8, 4) is 17.2 Å². The van der Waals surface area contributed by atoms with Crippen molar-refractivity contribution >= 4 is 21.6 Å². The predicted molar refractivity (Wildman–Crippen MR) is 68.7 cm³/mol. The van der Waals surface area contributed by atoms with Gasteiger partial charge in [0.1, 0.15) is 0 Å². The molecule has 2 N–H and O–H groups in total. The van der Waals surface area contributed by atoms with E-state index in [1.54, 1.807) is 6.07 Å². The Morgan fingerprint density at radius 3 is 2.56 bits per heavy atom. The first-order valence-electron chi connectivity index (χ1n) is 4.75. The van der Waals surface area contributed by atoms with Gasteiger partial charge in [0.15, 0.2) is 0 Å². The normalized spacial score (nSPS) is 9.75. The quantitative estimate of drug-likeness (QED) is 0.807. The van der Waals surface area contributed by atoms with Crippen molar-refractivity contribution in [2.45, 2.75) is 0 Å². The molecule has 0 radical (unpaired) electrons. The minimum atomic E-state index is 0.631. The van der Waals surface area contributed by atoms with Crippen LogP contribution in [0.4, 0.5) is 5.69 Å². The maximum Gasteiger partial charge on any atom is 0.0992 e. The Kier molecular flexibility index (Phi) is 2.93. The van der Waals surface area contributed by atoms with E-state index in [-0.39, 0.29) is 0 Å². The van der Waals surface area contributed by atoms with Gasteiger partial charge < -0.3 is 5.73 Å². The first kappa shape index (κ1) is 10.7. The molecule has 0 heterocycles. The van der Waals surface area contributed by atoms with E-state index in [1.807, 2.05) is 36.4 Å². The molecule has 0 fully saturated rings. The number of nitrogens with two attached hydrogens (primary N) is 1. The van der Waals surface area contributed by atoms with Gasteiger partial charge in [-0.15, -0.1) is 0 Å². The SMILES string of the molecule is N#Cc1cc(Br)cc(-c2cccc(N)c2)c1. The number of anilines is 1. The Hall–Kier alpha value is -1.79. The summed E-state index contributed by atoms with van der Waals surface area (Å²) in [6.07, 6.45) is 0.